The second-order valence-electron chi connectivity index (χ2n) is 6.52. The Bertz CT molecular complexity index is 944. The van der Waals surface area contributed by atoms with Crippen molar-refractivity contribution in [3.05, 3.63) is 40.7 Å². The molecule has 0 saturated carbocycles. The van der Waals surface area contributed by atoms with Crippen LogP contribution in [0.1, 0.15) is 23.0 Å². The number of carbonyl (C=O) groups excluding carboxylic acids is 2. The maximum absolute atomic E-state index is 13.3. The first-order chi connectivity index (χ1) is 13.0. The summed E-state index contributed by atoms with van der Waals surface area (Å²) in [7, 11) is 1.60. The van der Waals surface area contributed by atoms with E-state index in [4.69, 9.17) is 11.6 Å². The zero-order chi connectivity index (χ0) is 20.8. The Morgan fingerprint density at radius 2 is 2.04 bits per heavy atom. The lowest BCUT2D eigenvalue weighted by Gasteiger charge is -2.37. The summed E-state index contributed by atoms with van der Waals surface area (Å²) in [6.45, 7) is 1.80. The summed E-state index contributed by atoms with van der Waals surface area (Å²) >= 11 is 5.66. The minimum Gasteiger partial charge on any atom is -0.504 e. The standard InChI is InChI=1S/C17H16ClF3N4O3/c1-9-6-23(2)14(27)8-24(9)16(28)15-13(26)7-25(22-15)12-4-3-10(18)5-11(12)17(19,20)21/h3-5,7,9,26H,6,8H2,1-2H3. The lowest BCUT2D eigenvalue weighted by molar-refractivity contribution is -0.137. The minimum absolute atomic E-state index is 0.117. The zero-order valence-electron chi connectivity index (χ0n) is 14.9. The van der Waals surface area contributed by atoms with E-state index in [1.807, 2.05) is 0 Å². The molecule has 1 aromatic carbocycles. The predicted octanol–water partition coefficient (Wildman–Crippen LogP) is 2.55. The van der Waals surface area contributed by atoms with Crippen molar-refractivity contribution in [2.24, 2.45) is 0 Å². The monoisotopic (exact) mass is 416 g/mol. The van der Waals surface area contributed by atoms with Crippen molar-refractivity contribution < 1.29 is 27.9 Å². The van der Waals surface area contributed by atoms with Gasteiger partial charge in [-0.2, -0.15) is 18.3 Å². The molecule has 0 spiro atoms. The second kappa shape index (κ2) is 7.01. The van der Waals surface area contributed by atoms with E-state index in [1.54, 1.807) is 14.0 Å². The van der Waals surface area contributed by atoms with Crippen molar-refractivity contribution in [3.63, 3.8) is 0 Å². The highest BCUT2D eigenvalue weighted by Crippen LogP contribution is 2.36. The number of piperazine rings is 1. The normalized spacial score (nSPS) is 17.9. The Labute approximate surface area is 162 Å². The summed E-state index contributed by atoms with van der Waals surface area (Å²) in [5, 5.41) is 13.8. The summed E-state index contributed by atoms with van der Waals surface area (Å²) in [6, 6.07) is 2.72. The number of halogens is 4. The molecule has 1 aliphatic heterocycles. The molecule has 1 N–H and O–H groups in total. The highest BCUT2D eigenvalue weighted by molar-refractivity contribution is 6.30. The van der Waals surface area contributed by atoms with Crippen LogP contribution in [0.2, 0.25) is 5.02 Å². The van der Waals surface area contributed by atoms with Gasteiger partial charge < -0.3 is 14.9 Å². The molecule has 0 radical (unpaired) electrons. The number of likely N-dealkylation sites (N-methyl/N-ethyl adjacent to an activating group) is 1. The number of aromatic hydroxyl groups is 1. The van der Waals surface area contributed by atoms with Gasteiger partial charge in [0, 0.05) is 24.7 Å². The molecule has 1 unspecified atom stereocenters. The zero-order valence-corrected chi connectivity index (χ0v) is 15.6. The van der Waals surface area contributed by atoms with Crippen LogP contribution in [0.25, 0.3) is 5.69 Å². The number of carbonyl (C=O) groups is 2. The van der Waals surface area contributed by atoms with Gasteiger partial charge in [0.15, 0.2) is 11.4 Å². The van der Waals surface area contributed by atoms with Gasteiger partial charge in [0.1, 0.15) is 6.54 Å². The molecule has 1 aliphatic rings. The number of nitrogens with zero attached hydrogens (tertiary/aromatic N) is 4. The highest BCUT2D eigenvalue weighted by atomic mass is 35.5. The van der Waals surface area contributed by atoms with Crippen LogP contribution in [0.15, 0.2) is 24.4 Å². The van der Waals surface area contributed by atoms with E-state index in [2.05, 4.69) is 5.10 Å². The maximum Gasteiger partial charge on any atom is 0.418 e. The van der Waals surface area contributed by atoms with Crippen LogP contribution in [-0.4, -0.2) is 62.7 Å². The number of benzene rings is 1. The summed E-state index contributed by atoms with van der Waals surface area (Å²) in [5.74, 6) is -1.62. The van der Waals surface area contributed by atoms with Crippen LogP contribution in [0.5, 0.6) is 5.75 Å². The van der Waals surface area contributed by atoms with Gasteiger partial charge in [-0.1, -0.05) is 11.6 Å². The van der Waals surface area contributed by atoms with Crippen LogP contribution in [0.3, 0.4) is 0 Å². The van der Waals surface area contributed by atoms with E-state index in [-0.39, 0.29) is 23.5 Å². The number of aromatic nitrogens is 2. The maximum atomic E-state index is 13.3. The first kappa shape index (κ1) is 20.0. The predicted molar refractivity (Wildman–Crippen MR) is 93.4 cm³/mol. The first-order valence-electron chi connectivity index (χ1n) is 8.19. The molecule has 2 aromatic rings. The Hall–Kier alpha value is -2.75. The SMILES string of the molecule is CC1CN(C)C(=O)CN1C(=O)c1nn(-c2ccc(Cl)cc2C(F)(F)F)cc1O. The van der Waals surface area contributed by atoms with Gasteiger partial charge in [0.25, 0.3) is 5.91 Å². The van der Waals surface area contributed by atoms with E-state index in [1.165, 1.54) is 15.9 Å². The van der Waals surface area contributed by atoms with Crippen LogP contribution >= 0.6 is 11.6 Å². The molecule has 7 nitrogen and oxygen atoms in total. The molecule has 0 bridgehead atoms. The van der Waals surface area contributed by atoms with Crippen LogP contribution in [0, 0.1) is 0 Å². The quantitative estimate of drug-likeness (QED) is 0.816. The average molecular weight is 417 g/mol. The van der Waals surface area contributed by atoms with Crippen LogP contribution in [-0.2, 0) is 11.0 Å². The third kappa shape index (κ3) is 3.64. The Morgan fingerprint density at radius 1 is 1.36 bits per heavy atom. The largest absolute Gasteiger partial charge is 0.504 e. The number of amides is 2. The number of rotatable bonds is 2. The van der Waals surface area contributed by atoms with Crippen molar-refractivity contribution in [1.29, 1.82) is 0 Å². The fourth-order valence-electron chi connectivity index (χ4n) is 3.00. The molecule has 0 aliphatic carbocycles. The van der Waals surface area contributed by atoms with Gasteiger partial charge in [-0.15, -0.1) is 0 Å². The second-order valence-corrected chi connectivity index (χ2v) is 6.96. The van der Waals surface area contributed by atoms with E-state index in [9.17, 15) is 27.9 Å². The fourth-order valence-corrected chi connectivity index (χ4v) is 3.17. The minimum atomic E-state index is -4.72. The van der Waals surface area contributed by atoms with E-state index in [0.717, 1.165) is 23.0 Å². The molecule has 3 rings (SSSR count). The molecular formula is C17H16ClF3N4O3. The van der Waals surface area contributed by atoms with Crippen molar-refractivity contribution in [2.45, 2.75) is 19.1 Å². The van der Waals surface area contributed by atoms with Gasteiger partial charge in [0.05, 0.1) is 17.4 Å². The lowest BCUT2D eigenvalue weighted by Crippen LogP contribution is -2.55. The van der Waals surface area contributed by atoms with Crippen LogP contribution < -0.4 is 0 Å². The Kier molecular flexibility index (Phi) is 5.00. The summed E-state index contributed by atoms with van der Waals surface area (Å²) in [4.78, 5) is 27.3. The smallest absolute Gasteiger partial charge is 0.418 e. The molecule has 1 saturated heterocycles. The Morgan fingerprint density at radius 3 is 2.68 bits per heavy atom. The van der Waals surface area contributed by atoms with Crippen LogP contribution in [0.4, 0.5) is 13.2 Å². The van der Waals surface area contributed by atoms with Crippen molar-refractivity contribution >= 4 is 23.4 Å². The van der Waals surface area contributed by atoms with E-state index in [0.29, 0.717) is 6.54 Å². The topological polar surface area (TPSA) is 78.7 Å². The third-order valence-electron chi connectivity index (χ3n) is 4.47. The molecule has 1 atom stereocenters. The average Bonchev–Trinajstić information content (AvgIpc) is 2.98. The molecule has 150 valence electrons. The molecule has 28 heavy (non-hydrogen) atoms. The molecule has 2 amide bonds. The molecule has 2 heterocycles. The first-order valence-corrected chi connectivity index (χ1v) is 8.57. The molecule has 1 aromatic heterocycles. The van der Waals surface area contributed by atoms with Gasteiger partial charge in [0.2, 0.25) is 5.91 Å². The van der Waals surface area contributed by atoms with Gasteiger partial charge in [-0.25, -0.2) is 4.68 Å². The number of hydrogen-bond donors (Lipinski definition) is 1. The van der Waals surface area contributed by atoms with Gasteiger partial charge in [-0.05, 0) is 25.1 Å². The summed E-state index contributed by atoms with van der Waals surface area (Å²) < 4.78 is 40.7. The molecule has 1 fully saturated rings. The van der Waals surface area contributed by atoms with E-state index < -0.39 is 34.8 Å². The fraction of sp³-hybridized carbons (Fsp3) is 0.353. The number of hydrogen-bond acceptors (Lipinski definition) is 4. The van der Waals surface area contributed by atoms with Crippen molar-refractivity contribution in [1.82, 2.24) is 19.6 Å². The van der Waals surface area contributed by atoms with E-state index >= 15 is 0 Å². The third-order valence-corrected chi connectivity index (χ3v) is 4.71. The molecular weight excluding hydrogens is 401 g/mol. The van der Waals surface area contributed by atoms with Gasteiger partial charge >= 0.3 is 6.18 Å². The summed E-state index contributed by atoms with van der Waals surface area (Å²) in [5.41, 5.74) is -1.90. The van der Waals surface area contributed by atoms with Crippen molar-refractivity contribution in [3.8, 4) is 11.4 Å². The summed E-state index contributed by atoms with van der Waals surface area (Å²) in [6.07, 6.45) is -3.81. The van der Waals surface area contributed by atoms with Gasteiger partial charge in [-0.3, -0.25) is 9.59 Å². The highest BCUT2D eigenvalue weighted by Gasteiger charge is 2.36. The molecule has 11 heteroatoms. The lowest BCUT2D eigenvalue weighted by atomic mass is 10.1. The van der Waals surface area contributed by atoms with Crippen molar-refractivity contribution in [2.75, 3.05) is 20.1 Å². The number of alkyl halides is 3. The Balaban J connectivity index is 1.99.